The van der Waals surface area contributed by atoms with Crippen molar-refractivity contribution in [3.05, 3.63) is 30.1 Å². The van der Waals surface area contributed by atoms with Crippen molar-refractivity contribution in [3.63, 3.8) is 0 Å². The Morgan fingerprint density at radius 1 is 1.30 bits per heavy atom. The van der Waals surface area contributed by atoms with Crippen LogP contribution in [0.15, 0.2) is 24.3 Å². The predicted molar refractivity (Wildman–Crippen MR) is 86.7 cm³/mol. The number of rotatable bonds is 4. The van der Waals surface area contributed by atoms with E-state index in [9.17, 15) is 9.90 Å². The summed E-state index contributed by atoms with van der Waals surface area (Å²) in [5.74, 6) is 1.96. The first-order valence-corrected chi connectivity index (χ1v) is 8.03. The van der Waals surface area contributed by atoms with Crippen LogP contribution in [0.2, 0.25) is 0 Å². The Bertz CT molecular complexity index is 723. The normalized spacial score (nSPS) is 17.7. The minimum atomic E-state index is -0.316. The van der Waals surface area contributed by atoms with E-state index in [2.05, 4.69) is 24.0 Å². The zero-order chi connectivity index (χ0) is 16.6. The summed E-state index contributed by atoms with van der Waals surface area (Å²) in [5, 5.41) is 18.7. The number of fused-ring (bicyclic) bond motifs is 1. The van der Waals surface area contributed by atoms with Gasteiger partial charge in [0.1, 0.15) is 11.8 Å². The number of hydrogen-bond acceptors (Lipinski definition) is 4. The van der Waals surface area contributed by atoms with E-state index in [0.29, 0.717) is 30.4 Å². The highest BCUT2D eigenvalue weighted by Gasteiger charge is 2.36. The summed E-state index contributed by atoms with van der Waals surface area (Å²) in [7, 11) is 0. The number of likely N-dealkylation sites (N-methyl/N-ethyl adjacent to an activating group) is 1. The number of carbonyl (C=O) groups is 1. The number of phenolic OH excluding ortho intramolecular Hbond substituents is 1. The number of para-hydroxylation sites is 1. The lowest BCUT2D eigenvalue weighted by molar-refractivity contribution is -0.137. The van der Waals surface area contributed by atoms with Crippen molar-refractivity contribution in [2.75, 3.05) is 6.54 Å². The van der Waals surface area contributed by atoms with Gasteiger partial charge in [-0.2, -0.15) is 0 Å². The van der Waals surface area contributed by atoms with Crippen molar-refractivity contribution >= 4 is 5.91 Å². The average molecular weight is 314 g/mol. The number of amides is 1. The van der Waals surface area contributed by atoms with Crippen LogP contribution >= 0.6 is 0 Å². The van der Waals surface area contributed by atoms with Crippen molar-refractivity contribution < 1.29 is 9.90 Å². The van der Waals surface area contributed by atoms with Gasteiger partial charge in [-0.15, -0.1) is 10.2 Å². The van der Waals surface area contributed by atoms with E-state index in [1.807, 2.05) is 22.5 Å². The molecule has 0 spiro atoms. The maximum absolute atomic E-state index is 12.8. The molecule has 1 aromatic heterocycles. The number of aromatic hydroxyl groups is 1. The van der Waals surface area contributed by atoms with E-state index in [1.54, 1.807) is 18.2 Å². The zero-order valence-electron chi connectivity index (χ0n) is 13.7. The summed E-state index contributed by atoms with van der Waals surface area (Å²) in [6.07, 6.45) is 0.723. The summed E-state index contributed by atoms with van der Waals surface area (Å²) >= 11 is 0. The van der Waals surface area contributed by atoms with Gasteiger partial charge < -0.3 is 10.0 Å². The number of nitrogens with zero attached hydrogens (tertiary/aromatic N) is 4. The van der Waals surface area contributed by atoms with Gasteiger partial charge in [0.05, 0.1) is 12.1 Å². The molecule has 0 aliphatic carbocycles. The summed E-state index contributed by atoms with van der Waals surface area (Å²) in [6, 6.07) is 6.72. The third-order valence-corrected chi connectivity index (χ3v) is 4.23. The highest BCUT2D eigenvalue weighted by atomic mass is 16.3. The molecule has 6 heteroatoms. The Hall–Kier alpha value is -2.37. The Balaban J connectivity index is 2.13. The monoisotopic (exact) mass is 314 g/mol. The molecule has 0 fully saturated rings. The summed E-state index contributed by atoms with van der Waals surface area (Å²) in [6.45, 7) is 7.29. The van der Waals surface area contributed by atoms with Crippen LogP contribution in [0.3, 0.4) is 0 Å². The van der Waals surface area contributed by atoms with Gasteiger partial charge in [-0.1, -0.05) is 26.0 Å². The smallest absolute Gasteiger partial charge is 0.246 e. The number of hydrogen-bond donors (Lipinski definition) is 1. The van der Waals surface area contributed by atoms with Crippen molar-refractivity contribution in [1.82, 2.24) is 19.7 Å². The Morgan fingerprint density at radius 3 is 2.70 bits per heavy atom. The second-order valence-electron chi connectivity index (χ2n) is 6.32. The maximum Gasteiger partial charge on any atom is 0.246 e. The van der Waals surface area contributed by atoms with Crippen LogP contribution in [0.4, 0.5) is 0 Å². The Morgan fingerprint density at radius 2 is 2.04 bits per heavy atom. The Kier molecular flexibility index (Phi) is 4.07. The third kappa shape index (κ3) is 2.69. The quantitative estimate of drug-likeness (QED) is 0.941. The largest absolute Gasteiger partial charge is 0.507 e. The first kappa shape index (κ1) is 15.5. The van der Waals surface area contributed by atoms with Crippen molar-refractivity contribution in [3.8, 4) is 17.1 Å². The molecular formula is C17H22N4O2. The fourth-order valence-corrected chi connectivity index (χ4v) is 3.10. The fraction of sp³-hybridized carbons (Fsp3) is 0.471. The SMILES string of the molecule is CCN1Cc2nnc(-c3ccccc3O)n2[C@@H](CC(C)C)C1=O. The Labute approximate surface area is 135 Å². The van der Waals surface area contributed by atoms with Crippen molar-refractivity contribution in [2.24, 2.45) is 5.92 Å². The van der Waals surface area contributed by atoms with Crippen LogP contribution in [-0.2, 0) is 11.3 Å². The topological polar surface area (TPSA) is 71.2 Å². The molecule has 0 unspecified atom stereocenters. The van der Waals surface area contributed by atoms with Crippen LogP contribution < -0.4 is 0 Å². The molecule has 1 aliphatic rings. The highest BCUT2D eigenvalue weighted by molar-refractivity contribution is 5.82. The minimum Gasteiger partial charge on any atom is -0.507 e. The molecule has 0 saturated carbocycles. The molecular weight excluding hydrogens is 292 g/mol. The molecule has 1 aromatic carbocycles. The number of phenols is 1. The molecule has 1 atom stereocenters. The first-order valence-electron chi connectivity index (χ1n) is 8.03. The van der Waals surface area contributed by atoms with Gasteiger partial charge in [0.2, 0.25) is 5.91 Å². The van der Waals surface area contributed by atoms with Crippen LogP contribution in [0.5, 0.6) is 5.75 Å². The van der Waals surface area contributed by atoms with Gasteiger partial charge in [-0.05, 0) is 31.4 Å². The molecule has 2 heterocycles. The van der Waals surface area contributed by atoms with Crippen LogP contribution in [0, 0.1) is 5.92 Å². The fourth-order valence-electron chi connectivity index (χ4n) is 3.10. The zero-order valence-corrected chi connectivity index (χ0v) is 13.7. The molecule has 0 radical (unpaired) electrons. The molecule has 0 bridgehead atoms. The lowest BCUT2D eigenvalue weighted by Gasteiger charge is -2.34. The lowest BCUT2D eigenvalue weighted by atomic mass is 10.00. The predicted octanol–water partition coefficient (Wildman–Crippen LogP) is 2.60. The lowest BCUT2D eigenvalue weighted by Crippen LogP contribution is -2.43. The average Bonchev–Trinajstić information content (AvgIpc) is 2.93. The molecule has 1 N–H and O–H groups in total. The van der Waals surface area contributed by atoms with Gasteiger partial charge in [-0.25, -0.2) is 0 Å². The van der Waals surface area contributed by atoms with Gasteiger partial charge >= 0.3 is 0 Å². The van der Waals surface area contributed by atoms with E-state index in [4.69, 9.17) is 0 Å². The van der Waals surface area contributed by atoms with Crippen LogP contribution in [-0.4, -0.2) is 37.2 Å². The molecule has 6 nitrogen and oxygen atoms in total. The molecule has 2 aromatic rings. The number of benzene rings is 1. The molecule has 1 aliphatic heterocycles. The summed E-state index contributed by atoms with van der Waals surface area (Å²) in [5.41, 5.74) is 0.609. The van der Waals surface area contributed by atoms with E-state index in [0.717, 1.165) is 12.2 Å². The van der Waals surface area contributed by atoms with E-state index >= 15 is 0 Å². The number of carbonyl (C=O) groups excluding carboxylic acids is 1. The van der Waals surface area contributed by atoms with Crippen molar-refractivity contribution in [1.29, 1.82) is 0 Å². The number of aromatic nitrogens is 3. The first-order chi connectivity index (χ1) is 11.0. The second-order valence-corrected chi connectivity index (χ2v) is 6.32. The van der Waals surface area contributed by atoms with Crippen molar-refractivity contribution in [2.45, 2.75) is 39.8 Å². The van der Waals surface area contributed by atoms with Gasteiger partial charge in [0.15, 0.2) is 11.6 Å². The molecule has 23 heavy (non-hydrogen) atoms. The van der Waals surface area contributed by atoms with E-state index in [1.165, 1.54) is 0 Å². The molecule has 122 valence electrons. The van der Waals surface area contributed by atoms with E-state index < -0.39 is 0 Å². The minimum absolute atomic E-state index is 0.102. The molecule has 0 saturated heterocycles. The van der Waals surface area contributed by atoms with Gasteiger partial charge in [0.25, 0.3) is 0 Å². The second kappa shape index (κ2) is 6.02. The molecule has 1 amide bonds. The van der Waals surface area contributed by atoms with Gasteiger partial charge in [-0.3, -0.25) is 9.36 Å². The molecule has 3 rings (SSSR count). The van der Waals surface area contributed by atoms with Gasteiger partial charge in [0, 0.05) is 6.54 Å². The third-order valence-electron chi connectivity index (χ3n) is 4.23. The highest BCUT2D eigenvalue weighted by Crippen LogP contribution is 2.35. The van der Waals surface area contributed by atoms with Crippen LogP contribution in [0.1, 0.15) is 39.1 Å². The summed E-state index contributed by atoms with van der Waals surface area (Å²) < 4.78 is 1.91. The maximum atomic E-state index is 12.8. The standard InChI is InChI=1S/C17H22N4O2/c1-4-20-10-15-18-19-16(12-7-5-6-8-14(12)22)21(15)13(17(20)23)9-11(2)3/h5-8,11,13,22H,4,9-10H2,1-3H3/t13-/m0/s1. The van der Waals surface area contributed by atoms with Crippen LogP contribution in [0.25, 0.3) is 11.4 Å². The van der Waals surface area contributed by atoms with E-state index in [-0.39, 0.29) is 17.7 Å². The summed E-state index contributed by atoms with van der Waals surface area (Å²) in [4.78, 5) is 14.6.